The Hall–Kier alpha value is -3.50. The number of rotatable bonds is 8. The summed E-state index contributed by atoms with van der Waals surface area (Å²) in [6.45, 7) is 8.10. The third kappa shape index (κ3) is 6.75. The van der Waals surface area contributed by atoms with Gasteiger partial charge >= 0.3 is 0 Å². The largest absolute Gasteiger partial charge is 0.493 e. The number of aryl methyl sites for hydroxylation is 2. The Labute approximate surface area is 230 Å². The third-order valence-corrected chi connectivity index (χ3v) is 8.53. The van der Waals surface area contributed by atoms with Crippen LogP contribution in [0.5, 0.6) is 5.88 Å². The summed E-state index contributed by atoms with van der Waals surface area (Å²) in [5.41, 5.74) is 3.35. The lowest BCUT2D eigenvalue weighted by molar-refractivity contribution is 0.0682. The Morgan fingerprint density at radius 3 is 2.28 bits per heavy atom. The predicted molar refractivity (Wildman–Crippen MR) is 152 cm³/mol. The normalized spacial score (nSPS) is 17.7. The Bertz CT molecular complexity index is 1430. The lowest BCUT2D eigenvalue weighted by Crippen LogP contribution is -2.44. The van der Waals surface area contributed by atoms with E-state index in [1.165, 1.54) is 18.2 Å². The van der Waals surface area contributed by atoms with Gasteiger partial charge in [-0.15, -0.1) is 0 Å². The van der Waals surface area contributed by atoms with Crippen molar-refractivity contribution in [3.63, 3.8) is 0 Å². The van der Waals surface area contributed by atoms with Crippen LogP contribution in [0.3, 0.4) is 0 Å². The Morgan fingerprint density at radius 1 is 1.00 bits per heavy atom. The number of carbonyl (C=O) groups is 1. The number of aromatic hydroxyl groups is 1. The maximum absolute atomic E-state index is 13.3. The maximum Gasteiger partial charge on any atom is 0.264 e. The van der Waals surface area contributed by atoms with E-state index in [1.54, 1.807) is 24.1 Å². The molecule has 0 bridgehead atoms. The van der Waals surface area contributed by atoms with Crippen LogP contribution in [0.4, 0.5) is 5.95 Å². The maximum atomic E-state index is 13.3. The second-order valence-electron chi connectivity index (χ2n) is 10.6. The number of hydrogen-bond donors (Lipinski definition) is 3. The molecule has 4 rings (SSSR count). The summed E-state index contributed by atoms with van der Waals surface area (Å²) in [5.74, 6) is -0.837. The van der Waals surface area contributed by atoms with Gasteiger partial charge in [0.05, 0.1) is 10.6 Å². The number of aromatic nitrogens is 2. The van der Waals surface area contributed by atoms with E-state index in [1.807, 2.05) is 32.0 Å². The zero-order chi connectivity index (χ0) is 28.3. The number of amides is 1. The van der Waals surface area contributed by atoms with E-state index in [2.05, 4.69) is 33.9 Å². The van der Waals surface area contributed by atoms with Crippen LogP contribution in [0.1, 0.15) is 61.0 Å². The van der Waals surface area contributed by atoms with Crippen molar-refractivity contribution in [1.82, 2.24) is 20.2 Å². The molecule has 1 aliphatic rings. The van der Waals surface area contributed by atoms with E-state index >= 15 is 0 Å². The van der Waals surface area contributed by atoms with Gasteiger partial charge in [-0.2, -0.15) is 4.98 Å². The third-order valence-electron chi connectivity index (χ3n) is 7.20. The molecule has 1 aliphatic carbocycles. The van der Waals surface area contributed by atoms with Gasteiger partial charge in [-0.3, -0.25) is 4.79 Å². The smallest absolute Gasteiger partial charge is 0.264 e. The fourth-order valence-corrected chi connectivity index (χ4v) is 6.26. The zero-order valence-corrected chi connectivity index (χ0v) is 23.9. The van der Waals surface area contributed by atoms with Crippen LogP contribution in [0, 0.1) is 13.8 Å². The molecule has 39 heavy (non-hydrogen) atoms. The van der Waals surface area contributed by atoms with Crippen LogP contribution in [-0.2, 0) is 10.0 Å². The van der Waals surface area contributed by atoms with Gasteiger partial charge < -0.3 is 15.3 Å². The summed E-state index contributed by atoms with van der Waals surface area (Å²) in [6, 6.07) is 14.1. The van der Waals surface area contributed by atoms with Gasteiger partial charge in [-0.05, 0) is 68.9 Å². The second-order valence-corrected chi connectivity index (χ2v) is 12.3. The molecule has 1 aromatic heterocycles. The molecular weight excluding hydrogens is 514 g/mol. The number of nitrogens with one attached hydrogen (secondary N) is 2. The van der Waals surface area contributed by atoms with E-state index in [-0.39, 0.29) is 34.2 Å². The quantitative estimate of drug-likeness (QED) is 0.372. The molecule has 0 atom stereocenters. The Balaban J connectivity index is 1.52. The molecule has 1 fully saturated rings. The number of nitrogens with zero attached hydrogens (tertiary/aromatic N) is 3. The van der Waals surface area contributed by atoms with Crippen molar-refractivity contribution in [2.45, 2.75) is 76.4 Å². The minimum atomic E-state index is -4.14. The van der Waals surface area contributed by atoms with Crippen molar-refractivity contribution in [2.24, 2.45) is 0 Å². The fraction of sp³-hybridized carbons (Fsp3) is 0.414. The molecule has 0 unspecified atom stereocenters. The molecule has 208 valence electrons. The summed E-state index contributed by atoms with van der Waals surface area (Å²) in [6.07, 6.45) is 3.77. The number of benzene rings is 2. The standard InChI is InChI=1S/C29H37N5O4S/c1-18(2)30-22-12-14-23(15-13-22)34(5)28(36)21-10-7-11-24(16-21)39(37,38)33-29-31-25(17-26(35)32-29)27-19(3)8-6-9-20(27)4/h6-11,16-18,22-23,30H,12-15H2,1-5H3,(H2,31,32,33,35)/t22-,23-. The lowest BCUT2D eigenvalue weighted by atomic mass is 9.89. The van der Waals surface area contributed by atoms with Crippen molar-refractivity contribution < 1.29 is 18.3 Å². The summed E-state index contributed by atoms with van der Waals surface area (Å²) >= 11 is 0. The molecule has 1 amide bonds. The highest BCUT2D eigenvalue weighted by Gasteiger charge is 2.28. The van der Waals surface area contributed by atoms with Gasteiger partial charge in [0.1, 0.15) is 0 Å². The first-order chi connectivity index (χ1) is 18.4. The summed E-state index contributed by atoms with van der Waals surface area (Å²) in [4.78, 5) is 23.2. The van der Waals surface area contributed by atoms with Crippen molar-refractivity contribution >= 4 is 21.9 Å². The molecular formula is C29H37N5O4S. The van der Waals surface area contributed by atoms with Gasteiger partial charge in [-0.25, -0.2) is 18.1 Å². The van der Waals surface area contributed by atoms with Gasteiger partial charge in [0.25, 0.3) is 15.9 Å². The van der Waals surface area contributed by atoms with Crippen molar-refractivity contribution in [1.29, 1.82) is 0 Å². The number of sulfonamides is 1. The molecule has 0 aliphatic heterocycles. The first-order valence-electron chi connectivity index (χ1n) is 13.3. The van der Waals surface area contributed by atoms with Crippen LogP contribution < -0.4 is 10.0 Å². The van der Waals surface area contributed by atoms with Crippen molar-refractivity contribution in [3.8, 4) is 17.1 Å². The second kappa shape index (κ2) is 11.7. The summed E-state index contributed by atoms with van der Waals surface area (Å²) in [7, 11) is -2.36. The summed E-state index contributed by atoms with van der Waals surface area (Å²) in [5, 5.41) is 13.8. The molecule has 9 nitrogen and oxygen atoms in total. The Morgan fingerprint density at radius 2 is 1.64 bits per heavy atom. The monoisotopic (exact) mass is 551 g/mol. The van der Waals surface area contributed by atoms with Gasteiger partial charge in [0.2, 0.25) is 11.8 Å². The van der Waals surface area contributed by atoms with Crippen LogP contribution in [-0.4, -0.2) is 59.5 Å². The predicted octanol–water partition coefficient (Wildman–Crippen LogP) is 4.65. The topological polar surface area (TPSA) is 125 Å². The fourth-order valence-electron chi connectivity index (χ4n) is 5.27. The molecule has 1 saturated carbocycles. The molecule has 0 saturated heterocycles. The van der Waals surface area contributed by atoms with Gasteiger partial charge in [0, 0.05) is 42.4 Å². The molecule has 0 spiro atoms. The molecule has 1 heterocycles. The number of hydrogen-bond acceptors (Lipinski definition) is 7. The van der Waals surface area contributed by atoms with E-state index in [9.17, 15) is 18.3 Å². The van der Waals surface area contributed by atoms with E-state index in [0.717, 1.165) is 42.4 Å². The number of carbonyl (C=O) groups excluding carboxylic acids is 1. The Kier molecular flexibility index (Phi) is 8.56. The minimum Gasteiger partial charge on any atom is -0.493 e. The van der Waals surface area contributed by atoms with Crippen molar-refractivity contribution in [3.05, 3.63) is 65.2 Å². The highest BCUT2D eigenvalue weighted by Crippen LogP contribution is 2.29. The van der Waals surface area contributed by atoms with E-state index < -0.39 is 10.0 Å². The molecule has 0 radical (unpaired) electrons. The molecule has 3 N–H and O–H groups in total. The summed E-state index contributed by atoms with van der Waals surface area (Å²) < 4.78 is 28.9. The van der Waals surface area contributed by atoms with Crippen molar-refractivity contribution in [2.75, 3.05) is 11.8 Å². The first-order valence-corrected chi connectivity index (χ1v) is 14.7. The highest BCUT2D eigenvalue weighted by molar-refractivity contribution is 7.92. The van der Waals surface area contributed by atoms with Crippen LogP contribution in [0.25, 0.3) is 11.3 Å². The van der Waals surface area contributed by atoms with Gasteiger partial charge in [-0.1, -0.05) is 38.1 Å². The first kappa shape index (κ1) is 28.5. The van der Waals surface area contributed by atoms with E-state index in [4.69, 9.17) is 0 Å². The molecule has 3 aromatic rings. The minimum absolute atomic E-state index is 0.0906. The molecule has 2 aromatic carbocycles. The average molecular weight is 552 g/mol. The SMILES string of the molecule is Cc1cccc(C)c1-c1cc(O)nc(NS(=O)(=O)c2cccc(C(=O)N(C)[C@H]3CC[C@H](NC(C)C)CC3)c2)n1. The van der Waals surface area contributed by atoms with Gasteiger partial charge in [0.15, 0.2) is 0 Å². The molecule has 10 heteroatoms. The average Bonchev–Trinajstić information content (AvgIpc) is 2.87. The van der Waals surface area contributed by atoms with Crippen LogP contribution >= 0.6 is 0 Å². The lowest BCUT2D eigenvalue weighted by Gasteiger charge is -2.35. The van der Waals surface area contributed by atoms with Crippen LogP contribution in [0.15, 0.2) is 53.4 Å². The number of anilines is 1. The van der Waals surface area contributed by atoms with Crippen LogP contribution in [0.2, 0.25) is 0 Å². The highest BCUT2D eigenvalue weighted by atomic mass is 32.2. The van der Waals surface area contributed by atoms with E-state index in [0.29, 0.717) is 17.8 Å². The zero-order valence-electron chi connectivity index (χ0n) is 23.1.